The summed E-state index contributed by atoms with van der Waals surface area (Å²) in [4.78, 5) is 17.8. The van der Waals surface area contributed by atoms with Crippen LogP contribution in [0.25, 0.3) is 0 Å². The molecule has 2 aliphatic rings. The second kappa shape index (κ2) is 5.82. The molecule has 4 nitrogen and oxygen atoms in total. The highest BCUT2D eigenvalue weighted by atomic mass is 32.1. The van der Waals surface area contributed by atoms with E-state index in [1.54, 1.807) is 11.3 Å². The second-order valence-corrected chi connectivity index (χ2v) is 7.31. The number of piperidine rings is 1. The highest BCUT2D eigenvalue weighted by Crippen LogP contribution is 2.33. The second-order valence-electron chi connectivity index (χ2n) is 6.10. The fourth-order valence-electron chi connectivity index (χ4n) is 3.58. The van der Waals surface area contributed by atoms with Crippen molar-refractivity contribution in [1.29, 1.82) is 0 Å². The lowest BCUT2D eigenvalue weighted by atomic mass is 9.89. The van der Waals surface area contributed by atoms with E-state index in [0.717, 1.165) is 30.1 Å². The molecule has 0 spiro atoms. The molecule has 1 aromatic heterocycles. The molecule has 2 saturated heterocycles. The van der Waals surface area contributed by atoms with Crippen molar-refractivity contribution in [3.8, 4) is 0 Å². The van der Waals surface area contributed by atoms with E-state index in [2.05, 4.69) is 29.5 Å². The van der Waals surface area contributed by atoms with Gasteiger partial charge in [0.2, 0.25) is 5.91 Å². The predicted octanol–water partition coefficient (Wildman–Crippen LogP) is 2.87. The average molecular weight is 293 g/mol. The van der Waals surface area contributed by atoms with E-state index in [0.29, 0.717) is 24.4 Å². The van der Waals surface area contributed by atoms with E-state index in [1.165, 1.54) is 17.7 Å². The van der Waals surface area contributed by atoms with Crippen molar-refractivity contribution >= 4 is 22.4 Å². The van der Waals surface area contributed by atoms with Crippen LogP contribution in [0.5, 0.6) is 0 Å². The number of anilines is 1. The lowest BCUT2D eigenvalue weighted by Gasteiger charge is -2.28. The van der Waals surface area contributed by atoms with E-state index in [4.69, 9.17) is 0 Å². The van der Waals surface area contributed by atoms with Crippen LogP contribution in [0.15, 0.2) is 0 Å². The SMILES string of the molecule is CCc1nc(NC(=O)CC2CC3CCC(C2)N3)sc1C. The van der Waals surface area contributed by atoms with E-state index in [-0.39, 0.29) is 5.91 Å². The lowest BCUT2D eigenvalue weighted by molar-refractivity contribution is -0.117. The summed E-state index contributed by atoms with van der Waals surface area (Å²) in [5, 5.41) is 7.37. The third kappa shape index (κ3) is 3.04. The van der Waals surface area contributed by atoms with Crippen LogP contribution in [-0.2, 0) is 11.2 Å². The van der Waals surface area contributed by atoms with Gasteiger partial charge >= 0.3 is 0 Å². The number of aryl methyl sites for hydroxylation is 2. The van der Waals surface area contributed by atoms with Gasteiger partial charge in [0.1, 0.15) is 0 Å². The molecule has 0 radical (unpaired) electrons. The molecule has 2 bridgehead atoms. The van der Waals surface area contributed by atoms with Crippen LogP contribution in [0, 0.1) is 12.8 Å². The Morgan fingerprint density at radius 3 is 2.70 bits per heavy atom. The van der Waals surface area contributed by atoms with Crippen molar-refractivity contribution in [3.63, 3.8) is 0 Å². The molecule has 110 valence electrons. The molecule has 3 heterocycles. The van der Waals surface area contributed by atoms with Crippen LogP contribution < -0.4 is 10.6 Å². The fraction of sp³-hybridized carbons (Fsp3) is 0.733. The summed E-state index contributed by atoms with van der Waals surface area (Å²) < 4.78 is 0. The van der Waals surface area contributed by atoms with E-state index >= 15 is 0 Å². The van der Waals surface area contributed by atoms with Crippen molar-refractivity contribution in [2.24, 2.45) is 5.92 Å². The Morgan fingerprint density at radius 2 is 2.10 bits per heavy atom. The summed E-state index contributed by atoms with van der Waals surface area (Å²) in [7, 11) is 0. The number of nitrogens with zero attached hydrogens (tertiary/aromatic N) is 1. The molecule has 0 aromatic carbocycles. The first-order valence-electron chi connectivity index (χ1n) is 7.66. The van der Waals surface area contributed by atoms with Gasteiger partial charge in [-0.05, 0) is 44.9 Å². The summed E-state index contributed by atoms with van der Waals surface area (Å²) in [5.74, 6) is 0.674. The highest BCUT2D eigenvalue weighted by molar-refractivity contribution is 7.15. The van der Waals surface area contributed by atoms with Crippen LogP contribution in [0.2, 0.25) is 0 Å². The third-order valence-corrected chi connectivity index (χ3v) is 5.45. The topological polar surface area (TPSA) is 54.0 Å². The third-order valence-electron chi connectivity index (χ3n) is 4.52. The van der Waals surface area contributed by atoms with Gasteiger partial charge in [-0.1, -0.05) is 6.92 Å². The summed E-state index contributed by atoms with van der Waals surface area (Å²) in [5.41, 5.74) is 1.10. The molecule has 2 aliphatic heterocycles. The molecule has 0 saturated carbocycles. The van der Waals surface area contributed by atoms with Crippen molar-refractivity contribution < 1.29 is 4.79 Å². The van der Waals surface area contributed by atoms with Crippen molar-refractivity contribution in [2.75, 3.05) is 5.32 Å². The number of carbonyl (C=O) groups is 1. The largest absolute Gasteiger partial charge is 0.311 e. The Hall–Kier alpha value is -0.940. The first-order valence-corrected chi connectivity index (χ1v) is 8.48. The van der Waals surface area contributed by atoms with E-state index in [1.807, 2.05) is 0 Å². The van der Waals surface area contributed by atoms with E-state index in [9.17, 15) is 4.79 Å². The zero-order valence-corrected chi connectivity index (χ0v) is 13.1. The predicted molar refractivity (Wildman–Crippen MR) is 82.1 cm³/mol. The molecule has 1 aromatic rings. The molecule has 0 aliphatic carbocycles. The van der Waals surface area contributed by atoms with Gasteiger partial charge in [-0.3, -0.25) is 4.79 Å². The Morgan fingerprint density at radius 1 is 1.40 bits per heavy atom. The molecule has 1 amide bonds. The van der Waals surface area contributed by atoms with Gasteiger partial charge in [-0.15, -0.1) is 11.3 Å². The Balaban J connectivity index is 1.54. The number of nitrogens with one attached hydrogen (secondary N) is 2. The summed E-state index contributed by atoms with van der Waals surface area (Å²) in [6.07, 6.45) is 6.45. The quantitative estimate of drug-likeness (QED) is 0.897. The number of amides is 1. The number of thiazole rings is 1. The normalized spacial score (nSPS) is 28.6. The Kier molecular flexibility index (Phi) is 4.08. The minimum Gasteiger partial charge on any atom is -0.311 e. The summed E-state index contributed by atoms with van der Waals surface area (Å²) >= 11 is 1.59. The molecule has 5 heteroatoms. The maximum atomic E-state index is 12.2. The van der Waals surface area contributed by atoms with Crippen molar-refractivity contribution in [1.82, 2.24) is 10.3 Å². The molecular weight excluding hydrogens is 270 g/mol. The lowest BCUT2D eigenvalue weighted by Crippen LogP contribution is -2.39. The van der Waals surface area contributed by atoms with Crippen LogP contribution in [-0.4, -0.2) is 23.0 Å². The minimum absolute atomic E-state index is 0.132. The number of aromatic nitrogens is 1. The zero-order valence-electron chi connectivity index (χ0n) is 12.2. The van der Waals surface area contributed by atoms with Gasteiger partial charge in [0.15, 0.2) is 5.13 Å². The maximum absolute atomic E-state index is 12.2. The van der Waals surface area contributed by atoms with Gasteiger partial charge in [-0.2, -0.15) is 0 Å². The first kappa shape index (κ1) is 14.0. The van der Waals surface area contributed by atoms with Crippen molar-refractivity contribution in [3.05, 3.63) is 10.6 Å². The number of rotatable bonds is 4. The summed E-state index contributed by atoms with van der Waals surface area (Å²) in [6, 6.07) is 1.31. The van der Waals surface area contributed by atoms with Gasteiger partial charge in [0.05, 0.1) is 5.69 Å². The Bertz CT molecular complexity index is 487. The maximum Gasteiger partial charge on any atom is 0.226 e. The monoisotopic (exact) mass is 293 g/mol. The molecule has 20 heavy (non-hydrogen) atoms. The van der Waals surface area contributed by atoms with Gasteiger partial charge in [0.25, 0.3) is 0 Å². The van der Waals surface area contributed by atoms with Gasteiger partial charge in [-0.25, -0.2) is 4.98 Å². The highest BCUT2D eigenvalue weighted by Gasteiger charge is 2.34. The molecular formula is C15H23N3OS. The number of fused-ring (bicyclic) bond motifs is 2. The standard InChI is InChI=1S/C15H23N3OS/c1-3-13-9(2)20-15(17-13)18-14(19)8-10-6-11-4-5-12(7-10)16-11/h10-12,16H,3-8H2,1-2H3,(H,17,18,19). The molecule has 3 rings (SSSR count). The van der Waals surface area contributed by atoms with Gasteiger partial charge in [0, 0.05) is 23.4 Å². The van der Waals surface area contributed by atoms with Crippen LogP contribution in [0.4, 0.5) is 5.13 Å². The van der Waals surface area contributed by atoms with Gasteiger partial charge < -0.3 is 10.6 Å². The first-order chi connectivity index (χ1) is 9.64. The average Bonchev–Trinajstić information content (AvgIpc) is 2.92. The molecule has 2 unspecified atom stereocenters. The number of carbonyl (C=O) groups excluding carboxylic acids is 1. The minimum atomic E-state index is 0.132. The zero-order chi connectivity index (χ0) is 14.1. The molecule has 2 atom stereocenters. The molecule has 2 fully saturated rings. The molecule has 2 N–H and O–H groups in total. The van der Waals surface area contributed by atoms with Crippen molar-refractivity contribution in [2.45, 2.75) is 64.5 Å². The van der Waals surface area contributed by atoms with Crippen LogP contribution in [0.1, 0.15) is 49.6 Å². The van der Waals surface area contributed by atoms with Crippen LogP contribution >= 0.6 is 11.3 Å². The van der Waals surface area contributed by atoms with Crippen LogP contribution in [0.3, 0.4) is 0 Å². The smallest absolute Gasteiger partial charge is 0.226 e. The number of hydrogen-bond donors (Lipinski definition) is 2. The Labute approximate surface area is 124 Å². The fourth-order valence-corrected chi connectivity index (χ4v) is 4.50. The number of hydrogen-bond acceptors (Lipinski definition) is 4. The van der Waals surface area contributed by atoms with E-state index < -0.39 is 0 Å². The summed E-state index contributed by atoms with van der Waals surface area (Å²) in [6.45, 7) is 4.16.